The lowest BCUT2D eigenvalue weighted by Gasteiger charge is -2.37. The van der Waals surface area contributed by atoms with Gasteiger partial charge in [-0.05, 0) is 14.0 Å². The van der Waals surface area contributed by atoms with E-state index in [2.05, 4.69) is 21.5 Å². The Kier molecular flexibility index (Phi) is 1.58. The summed E-state index contributed by atoms with van der Waals surface area (Å²) in [5, 5.41) is 0. The van der Waals surface area contributed by atoms with Crippen LogP contribution in [-0.2, 0) is 0 Å². The summed E-state index contributed by atoms with van der Waals surface area (Å²) in [7, 11) is 2.11. The third kappa shape index (κ3) is 0.992. The Bertz CT molecular complexity index is 285. The minimum Gasteiger partial charge on any atom is -0.384 e. The van der Waals surface area contributed by atoms with Crippen LogP contribution >= 0.6 is 0 Å². The Morgan fingerprint density at radius 2 is 2.25 bits per heavy atom. The number of likely N-dealkylation sites (N-methyl/N-ethyl adjacent to an activating group) is 1. The van der Waals surface area contributed by atoms with Crippen LogP contribution in [0.25, 0.3) is 0 Å². The molecule has 1 aliphatic heterocycles. The number of nitrogens with two attached hydrogens (primary N) is 1. The van der Waals surface area contributed by atoms with Crippen LogP contribution < -0.4 is 5.73 Å². The lowest BCUT2D eigenvalue weighted by Crippen LogP contribution is -2.44. The van der Waals surface area contributed by atoms with E-state index in [1.165, 1.54) is 0 Å². The Labute approximate surface area is 72.0 Å². The zero-order chi connectivity index (χ0) is 8.72. The van der Waals surface area contributed by atoms with Crippen molar-refractivity contribution in [2.24, 2.45) is 0 Å². The van der Waals surface area contributed by atoms with E-state index >= 15 is 0 Å². The van der Waals surface area contributed by atoms with Crippen molar-refractivity contribution >= 4 is 5.82 Å². The van der Waals surface area contributed by atoms with Crippen molar-refractivity contribution in [3.8, 4) is 0 Å². The summed E-state index contributed by atoms with van der Waals surface area (Å²) in [5.41, 5.74) is 6.78. The number of nitrogens with zero attached hydrogens (tertiary/aromatic N) is 3. The third-order valence-corrected chi connectivity index (χ3v) is 2.46. The molecule has 0 atom stereocenters. The van der Waals surface area contributed by atoms with Gasteiger partial charge in [0.25, 0.3) is 0 Å². The fraction of sp³-hybridized carbons (Fsp3) is 0.625. The summed E-state index contributed by atoms with van der Waals surface area (Å²) in [6.07, 6.45) is 1.84. The predicted octanol–water partition coefficient (Wildman–Crippen LogP) is 0.260. The lowest BCUT2D eigenvalue weighted by atomic mass is 10.1. The molecule has 0 saturated carbocycles. The summed E-state index contributed by atoms with van der Waals surface area (Å²) in [6.45, 7) is 4.11. The molecule has 0 bridgehead atoms. The van der Waals surface area contributed by atoms with Crippen LogP contribution in [0.3, 0.4) is 0 Å². The second-order valence-electron chi connectivity index (χ2n) is 3.50. The normalized spacial score (nSPS) is 19.5. The zero-order valence-electron chi connectivity index (χ0n) is 7.49. The van der Waals surface area contributed by atoms with E-state index in [1.54, 1.807) is 0 Å². The van der Waals surface area contributed by atoms with Crippen LogP contribution in [0, 0.1) is 6.92 Å². The maximum Gasteiger partial charge on any atom is 0.126 e. The SMILES string of the molecule is Cc1ncn(C2CN(C)C2)c1N. The van der Waals surface area contributed by atoms with Crippen LogP contribution in [0.4, 0.5) is 5.82 Å². The lowest BCUT2D eigenvalue weighted by molar-refractivity contribution is 0.142. The number of imidazole rings is 1. The van der Waals surface area contributed by atoms with Crippen molar-refractivity contribution in [1.82, 2.24) is 14.5 Å². The largest absolute Gasteiger partial charge is 0.384 e. The van der Waals surface area contributed by atoms with Crippen LogP contribution in [0.1, 0.15) is 11.7 Å². The molecule has 1 aromatic rings. The molecule has 0 spiro atoms. The molecule has 2 heterocycles. The Hall–Kier alpha value is -1.03. The zero-order valence-corrected chi connectivity index (χ0v) is 7.49. The molecule has 2 rings (SSSR count). The van der Waals surface area contributed by atoms with Gasteiger partial charge in [0.15, 0.2) is 0 Å². The maximum absolute atomic E-state index is 5.84. The van der Waals surface area contributed by atoms with Crippen molar-refractivity contribution in [1.29, 1.82) is 0 Å². The van der Waals surface area contributed by atoms with E-state index in [0.29, 0.717) is 6.04 Å². The van der Waals surface area contributed by atoms with Gasteiger partial charge >= 0.3 is 0 Å². The third-order valence-electron chi connectivity index (χ3n) is 2.46. The van der Waals surface area contributed by atoms with Crippen molar-refractivity contribution in [2.75, 3.05) is 25.9 Å². The number of rotatable bonds is 1. The van der Waals surface area contributed by atoms with Crippen molar-refractivity contribution in [3.63, 3.8) is 0 Å². The number of likely N-dealkylation sites (tertiary alicyclic amines) is 1. The number of hydrogen-bond donors (Lipinski definition) is 1. The van der Waals surface area contributed by atoms with E-state index in [4.69, 9.17) is 5.73 Å². The second-order valence-corrected chi connectivity index (χ2v) is 3.50. The summed E-state index contributed by atoms with van der Waals surface area (Å²) >= 11 is 0. The predicted molar refractivity (Wildman–Crippen MR) is 47.9 cm³/mol. The first-order valence-corrected chi connectivity index (χ1v) is 4.16. The quantitative estimate of drug-likeness (QED) is 0.651. The fourth-order valence-corrected chi connectivity index (χ4v) is 1.60. The minimum atomic E-state index is 0.538. The molecule has 1 fully saturated rings. The van der Waals surface area contributed by atoms with Gasteiger partial charge < -0.3 is 15.2 Å². The number of aryl methyl sites for hydroxylation is 1. The van der Waals surface area contributed by atoms with Crippen molar-refractivity contribution < 1.29 is 0 Å². The molecule has 0 aliphatic carbocycles. The van der Waals surface area contributed by atoms with E-state index in [-0.39, 0.29) is 0 Å². The molecule has 12 heavy (non-hydrogen) atoms. The molecule has 0 amide bonds. The average molecular weight is 166 g/mol. The monoisotopic (exact) mass is 166 g/mol. The molecule has 4 nitrogen and oxygen atoms in total. The number of nitrogen functional groups attached to an aromatic ring is 1. The van der Waals surface area contributed by atoms with Gasteiger partial charge in [-0.3, -0.25) is 0 Å². The van der Waals surface area contributed by atoms with Crippen LogP contribution in [0.15, 0.2) is 6.33 Å². The number of anilines is 1. The molecular weight excluding hydrogens is 152 g/mol. The van der Waals surface area contributed by atoms with Gasteiger partial charge in [0.1, 0.15) is 5.82 Å². The molecule has 1 saturated heterocycles. The minimum absolute atomic E-state index is 0.538. The van der Waals surface area contributed by atoms with E-state index in [9.17, 15) is 0 Å². The summed E-state index contributed by atoms with van der Waals surface area (Å²) in [5.74, 6) is 0.813. The molecule has 66 valence electrons. The van der Waals surface area contributed by atoms with Gasteiger partial charge in [-0.2, -0.15) is 0 Å². The van der Waals surface area contributed by atoms with Crippen molar-refractivity contribution in [3.05, 3.63) is 12.0 Å². The van der Waals surface area contributed by atoms with Gasteiger partial charge in [-0.1, -0.05) is 0 Å². The molecule has 4 heteroatoms. The highest BCUT2D eigenvalue weighted by Crippen LogP contribution is 2.23. The second kappa shape index (κ2) is 2.48. The highest BCUT2D eigenvalue weighted by atomic mass is 15.3. The summed E-state index contributed by atoms with van der Waals surface area (Å²) < 4.78 is 2.06. The van der Waals surface area contributed by atoms with Crippen molar-refractivity contribution in [2.45, 2.75) is 13.0 Å². The molecule has 2 N–H and O–H groups in total. The molecule has 1 aliphatic rings. The average Bonchev–Trinajstić information content (AvgIpc) is 2.28. The van der Waals surface area contributed by atoms with E-state index in [0.717, 1.165) is 24.6 Å². The summed E-state index contributed by atoms with van der Waals surface area (Å²) in [4.78, 5) is 6.43. The molecule has 0 aromatic carbocycles. The van der Waals surface area contributed by atoms with Gasteiger partial charge in [0, 0.05) is 13.1 Å². The van der Waals surface area contributed by atoms with Crippen LogP contribution in [-0.4, -0.2) is 34.6 Å². The van der Waals surface area contributed by atoms with Gasteiger partial charge in [-0.25, -0.2) is 4.98 Å². The van der Waals surface area contributed by atoms with E-state index in [1.807, 2.05) is 13.3 Å². The standard InChI is InChI=1S/C8H14N4/c1-6-8(9)12(5-10-6)7-3-11(2)4-7/h5,7H,3-4,9H2,1-2H3. The Morgan fingerprint density at radius 3 is 2.67 bits per heavy atom. The highest BCUT2D eigenvalue weighted by molar-refractivity contribution is 5.35. The van der Waals surface area contributed by atoms with Gasteiger partial charge in [0.05, 0.1) is 18.1 Å². The van der Waals surface area contributed by atoms with Gasteiger partial charge in [0.2, 0.25) is 0 Å². The fourth-order valence-electron chi connectivity index (χ4n) is 1.60. The molecule has 0 unspecified atom stereocenters. The van der Waals surface area contributed by atoms with Gasteiger partial charge in [-0.15, -0.1) is 0 Å². The Balaban J connectivity index is 2.18. The first-order chi connectivity index (χ1) is 5.68. The van der Waals surface area contributed by atoms with E-state index < -0.39 is 0 Å². The smallest absolute Gasteiger partial charge is 0.126 e. The number of hydrogen-bond acceptors (Lipinski definition) is 3. The summed E-state index contributed by atoms with van der Waals surface area (Å²) in [6, 6.07) is 0.538. The maximum atomic E-state index is 5.84. The topological polar surface area (TPSA) is 47.1 Å². The van der Waals surface area contributed by atoms with Crippen LogP contribution in [0.5, 0.6) is 0 Å². The first-order valence-electron chi connectivity index (χ1n) is 4.16. The first kappa shape index (κ1) is 7.61. The Morgan fingerprint density at radius 1 is 1.58 bits per heavy atom. The highest BCUT2D eigenvalue weighted by Gasteiger charge is 2.26. The number of aromatic nitrogens is 2. The van der Waals surface area contributed by atoms with Crippen LogP contribution in [0.2, 0.25) is 0 Å². The molecular formula is C8H14N4. The molecule has 1 aromatic heterocycles. The molecule has 0 radical (unpaired) electrons.